The van der Waals surface area contributed by atoms with Crippen LogP contribution in [0.5, 0.6) is 0 Å². The highest BCUT2D eigenvalue weighted by Crippen LogP contribution is 2.35. The number of hydrogen-bond acceptors (Lipinski definition) is 5. The zero-order valence-electron chi connectivity index (χ0n) is 16.0. The zero-order valence-corrected chi connectivity index (χ0v) is 16.8. The molecule has 0 saturated carbocycles. The Kier molecular flexibility index (Phi) is 4.29. The molecule has 1 aliphatic rings. The number of aryl methyl sites for hydroxylation is 1. The second kappa shape index (κ2) is 6.83. The van der Waals surface area contributed by atoms with Crippen molar-refractivity contribution >= 4 is 27.2 Å². The SMILES string of the molecule is C[C@@H]1CCc2c(sc3nc([C@H](C)NCc4cn5ccccc5n4)[nH]c(=O)c23)C1. The number of H-pyrrole nitrogens is 1. The monoisotopic (exact) mass is 393 g/mol. The molecule has 4 aromatic rings. The number of hydrogen-bond donors (Lipinski definition) is 2. The number of fused-ring (bicyclic) bond motifs is 4. The minimum Gasteiger partial charge on any atom is -0.309 e. The third-order valence-corrected chi connectivity index (χ3v) is 6.75. The molecule has 0 amide bonds. The molecule has 0 aliphatic heterocycles. The highest BCUT2D eigenvalue weighted by molar-refractivity contribution is 7.18. The van der Waals surface area contributed by atoms with Crippen molar-refractivity contribution in [3.05, 3.63) is 62.9 Å². The predicted octanol–water partition coefficient (Wildman–Crippen LogP) is 3.61. The van der Waals surface area contributed by atoms with E-state index in [1.165, 1.54) is 10.4 Å². The van der Waals surface area contributed by atoms with Crippen molar-refractivity contribution in [3.8, 4) is 0 Å². The summed E-state index contributed by atoms with van der Waals surface area (Å²) in [5.41, 5.74) is 3.11. The maximum absolute atomic E-state index is 12.8. The summed E-state index contributed by atoms with van der Waals surface area (Å²) in [6, 6.07) is 5.88. The van der Waals surface area contributed by atoms with Crippen LogP contribution in [-0.2, 0) is 19.4 Å². The molecule has 0 aromatic carbocycles. The zero-order chi connectivity index (χ0) is 19.3. The van der Waals surface area contributed by atoms with E-state index in [0.29, 0.717) is 18.3 Å². The minimum atomic E-state index is -0.0695. The first-order chi connectivity index (χ1) is 13.6. The standard InChI is InChI=1S/C21H23N5OS/c1-12-6-7-15-16(9-12)28-21-18(15)20(27)24-19(25-21)13(2)22-10-14-11-26-8-4-3-5-17(26)23-14/h3-5,8,11-13,22H,6-7,9-10H2,1-2H3,(H,24,25,27)/t12-,13+/m1/s1. The smallest absolute Gasteiger partial charge is 0.259 e. The van der Waals surface area contributed by atoms with Crippen molar-refractivity contribution in [3.63, 3.8) is 0 Å². The van der Waals surface area contributed by atoms with Crippen molar-refractivity contribution in [2.45, 2.75) is 45.7 Å². The third-order valence-electron chi connectivity index (χ3n) is 5.60. The third kappa shape index (κ3) is 3.04. The molecule has 7 heteroatoms. The van der Waals surface area contributed by atoms with E-state index in [9.17, 15) is 4.79 Å². The lowest BCUT2D eigenvalue weighted by atomic mass is 9.89. The Morgan fingerprint density at radius 2 is 2.29 bits per heavy atom. The highest BCUT2D eigenvalue weighted by atomic mass is 32.1. The second-order valence-corrected chi connectivity index (χ2v) is 8.87. The Morgan fingerprint density at radius 1 is 1.39 bits per heavy atom. The van der Waals surface area contributed by atoms with Gasteiger partial charge < -0.3 is 14.7 Å². The molecule has 5 rings (SSSR count). The summed E-state index contributed by atoms with van der Waals surface area (Å²) in [5, 5.41) is 4.24. The number of nitrogens with one attached hydrogen (secondary N) is 2. The summed E-state index contributed by atoms with van der Waals surface area (Å²) in [4.78, 5) is 27.4. The Morgan fingerprint density at radius 3 is 3.14 bits per heavy atom. The first-order valence-electron chi connectivity index (χ1n) is 9.79. The fourth-order valence-electron chi connectivity index (χ4n) is 4.00. The van der Waals surface area contributed by atoms with Crippen LogP contribution in [0.1, 0.15) is 48.3 Å². The van der Waals surface area contributed by atoms with Gasteiger partial charge in [-0.05, 0) is 49.8 Å². The molecule has 28 heavy (non-hydrogen) atoms. The largest absolute Gasteiger partial charge is 0.309 e. The summed E-state index contributed by atoms with van der Waals surface area (Å²) >= 11 is 1.69. The van der Waals surface area contributed by atoms with Gasteiger partial charge in [-0.25, -0.2) is 9.97 Å². The molecule has 1 aliphatic carbocycles. The van der Waals surface area contributed by atoms with E-state index in [1.54, 1.807) is 11.3 Å². The number of aromatic nitrogens is 4. The molecule has 0 spiro atoms. The van der Waals surface area contributed by atoms with E-state index >= 15 is 0 Å². The number of rotatable bonds is 4. The van der Waals surface area contributed by atoms with E-state index in [-0.39, 0.29) is 11.6 Å². The van der Waals surface area contributed by atoms with Gasteiger partial charge in [-0.3, -0.25) is 4.79 Å². The predicted molar refractivity (Wildman–Crippen MR) is 112 cm³/mol. The van der Waals surface area contributed by atoms with Crippen LogP contribution >= 0.6 is 11.3 Å². The Labute approximate surface area is 166 Å². The molecule has 144 valence electrons. The summed E-state index contributed by atoms with van der Waals surface area (Å²) in [5.74, 6) is 1.37. The van der Waals surface area contributed by atoms with Gasteiger partial charge in [0.15, 0.2) is 0 Å². The molecule has 4 aromatic heterocycles. The van der Waals surface area contributed by atoms with Gasteiger partial charge in [0.1, 0.15) is 16.3 Å². The van der Waals surface area contributed by atoms with Gasteiger partial charge in [0.2, 0.25) is 0 Å². The van der Waals surface area contributed by atoms with Crippen LogP contribution in [0.2, 0.25) is 0 Å². The fourth-order valence-corrected chi connectivity index (χ4v) is 5.39. The van der Waals surface area contributed by atoms with E-state index in [4.69, 9.17) is 4.98 Å². The van der Waals surface area contributed by atoms with Crippen LogP contribution in [-0.4, -0.2) is 19.4 Å². The van der Waals surface area contributed by atoms with Crippen molar-refractivity contribution in [1.82, 2.24) is 24.7 Å². The molecule has 6 nitrogen and oxygen atoms in total. The first kappa shape index (κ1) is 17.6. The molecule has 2 N–H and O–H groups in total. The normalized spacial score (nSPS) is 17.9. The van der Waals surface area contributed by atoms with Gasteiger partial charge >= 0.3 is 0 Å². The van der Waals surface area contributed by atoms with Crippen LogP contribution < -0.4 is 10.9 Å². The number of nitrogens with zero attached hydrogens (tertiary/aromatic N) is 3. The van der Waals surface area contributed by atoms with E-state index < -0.39 is 0 Å². The molecule has 0 fully saturated rings. The minimum absolute atomic E-state index is 0.00608. The average Bonchev–Trinajstić information content (AvgIpc) is 3.26. The van der Waals surface area contributed by atoms with Gasteiger partial charge in [0, 0.05) is 23.8 Å². The summed E-state index contributed by atoms with van der Waals surface area (Å²) in [6.07, 6.45) is 7.21. The van der Waals surface area contributed by atoms with Crippen LogP contribution in [0.3, 0.4) is 0 Å². The number of thiophene rings is 1. The van der Waals surface area contributed by atoms with Gasteiger partial charge in [-0.1, -0.05) is 13.0 Å². The maximum atomic E-state index is 12.8. The number of imidazole rings is 1. The highest BCUT2D eigenvalue weighted by Gasteiger charge is 2.23. The van der Waals surface area contributed by atoms with Gasteiger partial charge in [0.05, 0.1) is 17.1 Å². The van der Waals surface area contributed by atoms with Crippen LogP contribution in [0.4, 0.5) is 0 Å². The molecule has 0 unspecified atom stereocenters. The number of aromatic amines is 1. The van der Waals surface area contributed by atoms with Gasteiger partial charge in [0.25, 0.3) is 5.56 Å². The second-order valence-electron chi connectivity index (χ2n) is 7.78. The summed E-state index contributed by atoms with van der Waals surface area (Å²) in [7, 11) is 0. The molecular formula is C21H23N5OS. The topological polar surface area (TPSA) is 75.1 Å². The molecule has 4 heterocycles. The van der Waals surface area contributed by atoms with Gasteiger partial charge in [-0.2, -0.15) is 0 Å². The lowest BCUT2D eigenvalue weighted by Gasteiger charge is -2.17. The maximum Gasteiger partial charge on any atom is 0.259 e. The Hall–Kier alpha value is -2.51. The van der Waals surface area contributed by atoms with Crippen molar-refractivity contribution in [2.75, 3.05) is 0 Å². The average molecular weight is 394 g/mol. The lowest BCUT2D eigenvalue weighted by Crippen LogP contribution is -2.23. The van der Waals surface area contributed by atoms with E-state index in [1.807, 2.05) is 41.9 Å². The van der Waals surface area contributed by atoms with Crippen molar-refractivity contribution < 1.29 is 0 Å². The van der Waals surface area contributed by atoms with Crippen LogP contribution in [0.25, 0.3) is 15.9 Å². The quantitative estimate of drug-likeness (QED) is 0.555. The first-order valence-corrected chi connectivity index (χ1v) is 10.6. The molecular weight excluding hydrogens is 370 g/mol. The Balaban J connectivity index is 1.40. The van der Waals surface area contributed by atoms with E-state index in [2.05, 4.69) is 22.2 Å². The Bertz CT molecular complexity index is 1190. The van der Waals surface area contributed by atoms with Crippen molar-refractivity contribution in [2.24, 2.45) is 5.92 Å². The fraction of sp³-hybridized carbons (Fsp3) is 0.381. The van der Waals surface area contributed by atoms with Crippen molar-refractivity contribution in [1.29, 1.82) is 0 Å². The lowest BCUT2D eigenvalue weighted by molar-refractivity contribution is 0.509. The van der Waals surface area contributed by atoms with Crippen LogP contribution in [0, 0.1) is 5.92 Å². The summed E-state index contributed by atoms with van der Waals surface area (Å²) < 4.78 is 2.00. The van der Waals surface area contributed by atoms with E-state index in [0.717, 1.165) is 40.8 Å². The van der Waals surface area contributed by atoms with Gasteiger partial charge in [-0.15, -0.1) is 11.3 Å². The van der Waals surface area contributed by atoms with Crippen LogP contribution in [0.15, 0.2) is 35.4 Å². The molecule has 0 bridgehead atoms. The molecule has 0 saturated heterocycles. The summed E-state index contributed by atoms with van der Waals surface area (Å²) in [6.45, 7) is 4.92. The number of pyridine rings is 1. The molecule has 2 atom stereocenters. The molecule has 0 radical (unpaired) electrons.